The Morgan fingerprint density at radius 2 is 1.56 bits per heavy atom. The fraction of sp³-hybridized carbons (Fsp3) is 0.370. The van der Waals surface area contributed by atoms with Gasteiger partial charge < -0.3 is 4.90 Å². The minimum absolute atomic E-state index is 0.122. The van der Waals surface area contributed by atoms with Crippen LogP contribution in [0.2, 0.25) is 0 Å². The van der Waals surface area contributed by atoms with Crippen molar-refractivity contribution in [3.8, 4) is 0 Å². The van der Waals surface area contributed by atoms with Crippen LogP contribution in [-0.2, 0) is 10.8 Å². The van der Waals surface area contributed by atoms with Gasteiger partial charge in [0, 0.05) is 49.6 Å². The molecule has 0 spiro atoms. The van der Waals surface area contributed by atoms with Crippen LogP contribution in [0.4, 0.5) is 5.69 Å². The van der Waals surface area contributed by atoms with Gasteiger partial charge in [0.15, 0.2) is 0 Å². The van der Waals surface area contributed by atoms with Crippen molar-refractivity contribution in [1.29, 1.82) is 0 Å². The van der Waals surface area contributed by atoms with E-state index in [-0.39, 0.29) is 10.8 Å². The largest absolute Gasteiger partial charge is 0.344 e. The van der Waals surface area contributed by atoms with Crippen LogP contribution in [-0.4, -0.2) is 18.8 Å². The summed E-state index contributed by atoms with van der Waals surface area (Å²) in [7, 11) is 0. The van der Waals surface area contributed by atoms with Gasteiger partial charge in [0.25, 0.3) is 0 Å². The molecule has 0 aromatic heterocycles. The first-order valence-corrected chi connectivity index (χ1v) is 20.1. The third-order valence-electron chi connectivity index (χ3n) is 10.8. The molecule has 50 heavy (non-hydrogen) atoms. The standard InChI is InChI=1S/C46H52ClIN2/c1-7-9-30-49-40(45(3,4)42-36-20-13-11-16-32(36)22-26-38(42)48)28-24-34-18-15-19-35(44(34)47)25-29-41-46(5,6)43-37-21-14-12-17-33(37)23-27-39(43)50(41)31-10-8-2/h11-14,16-17,20-29H,7-10,15,18-19,30-31H2,1-6H3/b28-24+,35-25+,41-29+,49-40+. The van der Waals surface area contributed by atoms with Crippen LogP contribution in [0.3, 0.4) is 0 Å². The molecule has 0 N–H and O–H groups in total. The number of hydrogen-bond donors (Lipinski definition) is 0. The number of unbranched alkanes of at least 4 members (excludes halogenated alkanes) is 2. The third kappa shape index (κ3) is 7.15. The van der Waals surface area contributed by atoms with E-state index < -0.39 is 0 Å². The monoisotopic (exact) mass is 794 g/mol. The Labute approximate surface area is 319 Å². The van der Waals surface area contributed by atoms with Gasteiger partial charge in [0.1, 0.15) is 0 Å². The molecule has 0 atom stereocenters. The molecule has 0 radical (unpaired) electrons. The van der Waals surface area contributed by atoms with Crippen LogP contribution in [0.1, 0.15) is 97.6 Å². The second-order valence-corrected chi connectivity index (χ2v) is 16.5. The molecule has 1 aliphatic heterocycles. The number of halogens is 2. The van der Waals surface area contributed by atoms with Gasteiger partial charge in [-0.1, -0.05) is 139 Å². The highest BCUT2D eigenvalue weighted by molar-refractivity contribution is 14.1. The first kappa shape index (κ1) is 36.6. The molecule has 0 bridgehead atoms. The van der Waals surface area contributed by atoms with Gasteiger partial charge in [-0.2, -0.15) is 0 Å². The molecule has 2 nitrogen and oxygen atoms in total. The quantitative estimate of drug-likeness (QED) is 0.0839. The minimum atomic E-state index is -0.276. The lowest BCUT2D eigenvalue weighted by atomic mass is 9.77. The minimum Gasteiger partial charge on any atom is -0.344 e. The zero-order valence-corrected chi connectivity index (χ0v) is 33.7. The van der Waals surface area contributed by atoms with Gasteiger partial charge in [-0.25, -0.2) is 0 Å². The van der Waals surface area contributed by atoms with Crippen molar-refractivity contribution in [3.63, 3.8) is 0 Å². The summed E-state index contributed by atoms with van der Waals surface area (Å²) in [6.07, 6.45) is 16.8. The van der Waals surface area contributed by atoms with E-state index in [1.807, 2.05) is 0 Å². The van der Waals surface area contributed by atoms with Crippen LogP contribution < -0.4 is 4.90 Å². The molecule has 0 unspecified atom stereocenters. The van der Waals surface area contributed by atoms with Crippen molar-refractivity contribution in [1.82, 2.24) is 0 Å². The molecule has 0 fully saturated rings. The number of anilines is 1. The number of rotatable bonds is 11. The lowest BCUT2D eigenvalue weighted by molar-refractivity contribution is 0.628. The van der Waals surface area contributed by atoms with Crippen LogP contribution in [0.15, 0.2) is 124 Å². The van der Waals surface area contributed by atoms with Gasteiger partial charge in [-0.15, -0.1) is 0 Å². The Kier molecular flexibility index (Phi) is 11.4. The van der Waals surface area contributed by atoms with E-state index in [1.54, 1.807) is 0 Å². The van der Waals surface area contributed by atoms with Gasteiger partial charge in [-0.05, 0) is 123 Å². The molecule has 1 aliphatic carbocycles. The maximum Gasteiger partial charge on any atom is 0.0470 e. The smallest absolute Gasteiger partial charge is 0.0470 e. The van der Waals surface area contributed by atoms with E-state index >= 15 is 0 Å². The van der Waals surface area contributed by atoms with Gasteiger partial charge >= 0.3 is 0 Å². The Balaban J connectivity index is 1.37. The lowest BCUT2D eigenvalue weighted by Crippen LogP contribution is -2.29. The summed E-state index contributed by atoms with van der Waals surface area (Å²) in [5.41, 5.74) is 8.62. The maximum atomic E-state index is 7.31. The summed E-state index contributed by atoms with van der Waals surface area (Å²) >= 11 is 9.82. The predicted molar refractivity (Wildman–Crippen MR) is 228 cm³/mol. The van der Waals surface area contributed by atoms with Gasteiger partial charge in [0.2, 0.25) is 0 Å². The molecule has 4 aromatic rings. The molecule has 2 aliphatic rings. The van der Waals surface area contributed by atoms with E-state index in [4.69, 9.17) is 16.6 Å². The van der Waals surface area contributed by atoms with E-state index in [0.29, 0.717) is 0 Å². The van der Waals surface area contributed by atoms with E-state index in [9.17, 15) is 0 Å². The topological polar surface area (TPSA) is 15.6 Å². The van der Waals surface area contributed by atoms with E-state index in [1.165, 1.54) is 65.2 Å². The molecular weight excluding hydrogens is 743 g/mol. The molecule has 6 rings (SSSR count). The Hall–Kier alpha value is -3.15. The molecule has 0 saturated carbocycles. The number of hydrogen-bond acceptors (Lipinski definition) is 2. The highest BCUT2D eigenvalue weighted by Gasteiger charge is 2.41. The molecule has 1 heterocycles. The average Bonchev–Trinajstić information content (AvgIpc) is 3.33. The van der Waals surface area contributed by atoms with Crippen molar-refractivity contribution >= 4 is 67.1 Å². The van der Waals surface area contributed by atoms with Crippen LogP contribution in [0.25, 0.3) is 21.5 Å². The first-order valence-electron chi connectivity index (χ1n) is 18.6. The first-order chi connectivity index (χ1) is 24.1. The third-order valence-corrected chi connectivity index (χ3v) is 12.2. The molecule has 4 aromatic carbocycles. The number of aliphatic imine (C=N–C) groups is 1. The summed E-state index contributed by atoms with van der Waals surface area (Å²) in [5.74, 6) is 0. The molecule has 0 saturated heterocycles. The fourth-order valence-corrected chi connectivity index (χ4v) is 9.44. The average molecular weight is 795 g/mol. The van der Waals surface area contributed by atoms with Crippen molar-refractivity contribution < 1.29 is 0 Å². The van der Waals surface area contributed by atoms with Crippen molar-refractivity contribution in [3.05, 3.63) is 134 Å². The summed E-state index contributed by atoms with van der Waals surface area (Å²) in [4.78, 5) is 7.82. The highest BCUT2D eigenvalue weighted by Crippen LogP contribution is 2.51. The summed E-state index contributed by atoms with van der Waals surface area (Å²) in [6.45, 7) is 15.8. The Morgan fingerprint density at radius 1 is 0.880 bits per heavy atom. The van der Waals surface area contributed by atoms with Gasteiger partial charge in [-0.3, -0.25) is 4.99 Å². The number of allylic oxidation sites excluding steroid dienone is 8. The molecular formula is C46H52ClIN2. The van der Waals surface area contributed by atoms with Gasteiger partial charge in [0.05, 0.1) is 0 Å². The zero-order chi connectivity index (χ0) is 35.5. The van der Waals surface area contributed by atoms with Crippen LogP contribution >= 0.6 is 34.2 Å². The SMILES string of the molecule is CCCC/N=C(\C=C\C1=C(Cl)C(=C/C=C2/N(CCCC)c3ccc4ccccc4c3C2(C)C)/CCC1)C(C)(C)c1c(I)ccc2ccccc12. The fourth-order valence-electron chi connectivity index (χ4n) is 7.98. The van der Waals surface area contributed by atoms with Crippen LogP contribution in [0.5, 0.6) is 0 Å². The summed E-state index contributed by atoms with van der Waals surface area (Å²) in [6, 6.07) is 26.7. The normalized spacial score (nSPS) is 18.4. The second-order valence-electron chi connectivity index (χ2n) is 15.0. The zero-order valence-electron chi connectivity index (χ0n) is 30.8. The second kappa shape index (κ2) is 15.6. The maximum absolute atomic E-state index is 7.31. The molecule has 260 valence electrons. The number of nitrogens with zero attached hydrogens (tertiary/aromatic N) is 2. The van der Waals surface area contributed by atoms with Crippen LogP contribution in [0, 0.1) is 3.57 Å². The highest BCUT2D eigenvalue weighted by atomic mass is 127. The predicted octanol–water partition coefficient (Wildman–Crippen LogP) is 13.8. The molecule has 4 heteroatoms. The van der Waals surface area contributed by atoms with Crippen molar-refractivity contribution in [2.24, 2.45) is 4.99 Å². The Bertz CT molecular complexity index is 2040. The number of fused-ring (bicyclic) bond motifs is 4. The lowest BCUT2D eigenvalue weighted by Gasteiger charge is -2.29. The number of benzene rings is 4. The summed E-state index contributed by atoms with van der Waals surface area (Å²) in [5, 5.41) is 6.12. The summed E-state index contributed by atoms with van der Waals surface area (Å²) < 4.78 is 1.27. The van der Waals surface area contributed by atoms with E-state index in [2.05, 4.69) is 166 Å². The van der Waals surface area contributed by atoms with Crippen molar-refractivity contribution in [2.45, 2.75) is 97.3 Å². The van der Waals surface area contributed by atoms with Crippen molar-refractivity contribution in [2.75, 3.05) is 18.0 Å². The Morgan fingerprint density at radius 3 is 2.30 bits per heavy atom. The molecule has 0 amide bonds. The van der Waals surface area contributed by atoms with E-state index in [0.717, 1.165) is 62.4 Å².